The van der Waals surface area contributed by atoms with Crippen molar-refractivity contribution in [3.8, 4) is 23.3 Å². The van der Waals surface area contributed by atoms with Gasteiger partial charge in [0.1, 0.15) is 34.9 Å². The lowest BCUT2D eigenvalue weighted by Gasteiger charge is -2.22. The van der Waals surface area contributed by atoms with Crippen molar-refractivity contribution < 1.29 is 22.6 Å². The molecule has 0 saturated carbocycles. The van der Waals surface area contributed by atoms with Crippen molar-refractivity contribution in [2.75, 3.05) is 32.2 Å². The zero-order chi connectivity index (χ0) is 25.9. The minimum Gasteiger partial charge on any atom is -0.494 e. The Kier molecular flexibility index (Phi) is 7.37. The van der Waals surface area contributed by atoms with E-state index in [2.05, 4.69) is 24.9 Å². The van der Waals surface area contributed by atoms with Gasteiger partial charge in [-0.1, -0.05) is 13.0 Å². The summed E-state index contributed by atoms with van der Waals surface area (Å²) in [6.45, 7) is 4.28. The summed E-state index contributed by atoms with van der Waals surface area (Å²) in [6.07, 6.45) is 3.45. The highest BCUT2D eigenvalue weighted by molar-refractivity contribution is 7.93. The molecule has 1 aliphatic rings. The first-order chi connectivity index (χ1) is 17.3. The Hall–Kier alpha value is -3.76. The van der Waals surface area contributed by atoms with Gasteiger partial charge in [0.15, 0.2) is 0 Å². The predicted octanol–water partition coefficient (Wildman–Crippen LogP) is 2.38. The van der Waals surface area contributed by atoms with Crippen LogP contribution in [0, 0.1) is 11.3 Å². The second kappa shape index (κ2) is 10.5. The fourth-order valence-electron chi connectivity index (χ4n) is 3.97. The molecule has 13 heteroatoms. The van der Waals surface area contributed by atoms with Crippen LogP contribution >= 0.6 is 0 Å². The van der Waals surface area contributed by atoms with Crippen LogP contribution in [0.1, 0.15) is 49.3 Å². The first kappa shape index (κ1) is 25.3. The first-order valence-corrected chi connectivity index (χ1v) is 12.8. The highest BCUT2D eigenvalue weighted by Gasteiger charge is 2.34. The third-order valence-corrected chi connectivity index (χ3v) is 8.10. The third-order valence-electron chi connectivity index (χ3n) is 6.24. The first-order valence-electron chi connectivity index (χ1n) is 11.3. The molecule has 0 spiro atoms. The predicted molar refractivity (Wildman–Crippen MR) is 130 cm³/mol. The maximum Gasteiger partial charge on any atom is 0.243 e. The molecule has 0 bridgehead atoms. The van der Waals surface area contributed by atoms with Crippen molar-refractivity contribution in [1.29, 1.82) is 5.26 Å². The molecular weight excluding hydrogens is 486 g/mol. The average molecular weight is 514 g/mol. The van der Waals surface area contributed by atoms with Gasteiger partial charge in [0.05, 0.1) is 31.6 Å². The van der Waals surface area contributed by atoms with Crippen molar-refractivity contribution in [1.82, 2.24) is 24.7 Å². The zero-order valence-corrected chi connectivity index (χ0v) is 21.2. The standard InChI is InChI=1S/C23H27N7O5S/c1-14(21-25-11-16(10-24)12-26-21)15(2)36(31,32)29-23-28-27-22(17-8-9-35-13-17)30(23)20-18(33-3)6-5-7-19(20)34-4/h5-7,11-12,14-15,17H,8-9,13H2,1-4H3,(H,28,29)/t14-,15-,17+/m0/s1. The van der Waals surface area contributed by atoms with Crippen LogP contribution < -0.4 is 14.2 Å². The van der Waals surface area contributed by atoms with E-state index in [9.17, 15) is 8.42 Å². The number of nitrogens with zero attached hydrogens (tertiary/aromatic N) is 6. The maximum absolute atomic E-state index is 13.5. The molecular formula is C23H27N7O5S. The molecule has 1 saturated heterocycles. The van der Waals surface area contributed by atoms with Gasteiger partial charge in [0.2, 0.25) is 16.0 Å². The van der Waals surface area contributed by atoms with E-state index in [1.54, 1.807) is 36.6 Å². The van der Waals surface area contributed by atoms with Gasteiger partial charge in [-0.05, 0) is 25.5 Å². The topological polar surface area (TPSA) is 154 Å². The van der Waals surface area contributed by atoms with Crippen molar-refractivity contribution in [2.24, 2.45) is 0 Å². The fraction of sp³-hybridized carbons (Fsp3) is 0.435. The van der Waals surface area contributed by atoms with E-state index < -0.39 is 21.2 Å². The van der Waals surface area contributed by atoms with Crippen LogP contribution in [0.4, 0.5) is 5.95 Å². The van der Waals surface area contributed by atoms with E-state index in [1.807, 2.05) is 6.07 Å². The van der Waals surface area contributed by atoms with E-state index in [4.69, 9.17) is 19.5 Å². The van der Waals surface area contributed by atoms with Crippen molar-refractivity contribution in [3.63, 3.8) is 0 Å². The van der Waals surface area contributed by atoms with Crippen molar-refractivity contribution in [2.45, 2.75) is 37.4 Å². The van der Waals surface area contributed by atoms with Gasteiger partial charge in [0, 0.05) is 30.8 Å². The number of benzene rings is 1. The number of ether oxygens (including phenoxy) is 3. The van der Waals surface area contributed by atoms with E-state index in [-0.39, 0.29) is 11.9 Å². The number of hydrogen-bond donors (Lipinski definition) is 1. The Balaban J connectivity index is 1.75. The smallest absolute Gasteiger partial charge is 0.243 e. The lowest BCUT2D eigenvalue weighted by Crippen LogP contribution is -2.31. The normalized spacial score (nSPS) is 17.2. The number of rotatable bonds is 9. The summed E-state index contributed by atoms with van der Waals surface area (Å²) in [6, 6.07) is 7.22. The molecule has 3 heterocycles. The largest absolute Gasteiger partial charge is 0.494 e. The van der Waals surface area contributed by atoms with Gasteiger partial charge in [-0.3, -0.25) is 9.29 Å². The molecule has 1 aromatic carbocycles. The Bertz CT molecular complexity index is 1340. The second-order valence-electron chi connectivity index (χ2n) is 8.37. The molecule has 36 heavy (non-hydrogen) atoms. The third kappa shape index (κ3) is 4.82. The summed E-state index contributed by atoms with van der Waals surface area (Å²) in [5.74, 6) is 1.10. The Morgan fingerprint density at radius 1 is 1.17 bits per heavy atom. The Morgan fingerprint density at radius 3 is 2.39 bits per heavy atom. The number of aromatic nitrogens is 5. The van der Waals surface area contributed by atoms with Gasteiger partial charge < -0.3 is 14.2 Å². The lowest BCUT2D eigenvalue weighted by molar-refractivity contribution is 0.193. The van der Waals surface area contributed by atoms with Crippen LogP contribution in [0.3, 0.4) is 0 Å². The number of sulfonamides is 1. The summed E-state index contributed by atoms with van der Waals surface area (Å²) in [7, 11) is -0.947. The minimum absolute atomic E-state index is 0.000466. The lowest BCUT2D eigenvalue weighted by atomic mass is 10.1. The average Bonchev–Trinajstić information content (AvgIpc) is 3.57. The summed E-state index contributed by atoms with van der Waals surface area (Å²) in [4.78, 5) is 8.30. The molecule has 190 valence electrons. The van der Waals surface area contributed by atoms with E-state index in [0.717, 1.165) is 0 Å². The Labute approximate surface area is 209 Å². The van der Waals surface area contributed by atoms with E-state index >= 15 is 0 Å². The fourth-order valence-corrected chi connectivity index (χ4v) is 5.20. The molecule has 3 atom stereocenters. The molecule has 1 N–H and O–H groups in total. The van der Waals surface area contributed by atoms with Gasteiger partial charge >= 0.3 is 0 Å². The van der Waals surface area contributed by atoms with Crippen LogP contribution in [-0.4, -0.2) is 65.8 Å². The maximum atomic E-state index is 13.5. The van der Waals surface area contributed by atoms with Crippen LogP contribution in [0.25, 0.3) is 5.69 Å². The van der Waals surface area contributed by atoms with Gasteiger partial charge in [-0.2, -0.15) is 5.26 Å². The summed E-state index contributed by atoms with van der Waals surface area (Å²) < 4.78 is 47.9. The molecule has 2 aromatic heterocycles. The molecule has 0 unspecified atom stereocenters. The second-order valence-corrected chi connectivity index (χ2v) is 10.4. The Morgan fingerprint density at radius 2 is 1.83 bits per heavy atom. The summed E-state index contributed by atoms with van der Waals surface area (Å²) in [5, 5.41) is 16.6. The zero-order valence-electron chi connectivity index (χ0n) is 20.4. The molecule has 1 fully saturated rings. The number of nitriles is 1. The summed E-state index contributed by atoms with van der Waals surface area (Å²) >= 11 is 0. The number of methoxy groups -OCH3 is 2. The molecule has 0 radical (unpaired) electrons. The highest BCUT2D eigenvalue weighted by atomic mass is 32.2. The number of para-hydroxylation sites is 1. The SMILES string of the molecule is COc1cccc(OC)c1-n1c(NS(=O)(=O)[C@@H](C)[C@H](C)c2ncc(C#N)cn2)nnc1[C@@H]1CCOC1. The minimum atomic E-state index is -3.99. The van der Waals surface area contributed by atoms with E-state index in [1.165, 1.54) is 26.6 Å². The highest BCUT2D eigenvalue weighted by Crippen LogP contribution is 2.38. The monoisotopic (exact) mass is 513 g/mol. The molecule has 12 nitrogen and oxygen atoms in total. The van der Waals surface area contributed by atoms with Crippen LogP contribution in [0.15, 0.2) is 30.6 Å². The van der Waals surface area contributed by atoms with Crippen molar-refractivity contribution in [3.05, 3.63) is 47.8 Å². The van der Waals surface area contributed by atoms with Crippen LogP contribution in [0.5, 0.6) is 11.5 Å². The molecule has 0 amide bonds. The number of hydrogen-bond acceptors (Lipinski definition) is 10. The van der Waals surface area contributed by atoms with E-state index in [0.29, 0.717) is 54.0 Å². The molecule has 4 rings (SSSR count). The molecule has 3 aromatic rings. The number of nitrogens with one attached hydrogen (secondary N) is 1. The molecule has 1 aliphatic heterocycles. The quantitative estimate of drug-likeness (QED) is 0.451. The van der Waals surface area contributed by atoms with Gasteiger partial charge in [0.25, 0.3) is 0 Å². The van der Waals surface area contributed by atoms with Gasteiger partial charge in [-0.25, -0.2) is 18.4 Å². The van der Waals surface area contributed by atoms with Gasteiger partial charge in [-0.15, -0.1) is 10.2 Å². The van der Waals surface area contributed by atoms with Crippen LogP contribution in [-0.2, 0) is 14.8 Å². The number of anilines is 1. The molecule has 0 aliphatic carbocycles. The van der Waals surface area contributed by atoms with Crippen LogP contribution in [0.2, 0.25) is 0 Å². The van der Waals surface area contributed by atoms with Crippen molar-refractivity contribution >= 4 is 16.0 Å². The summed E-state index contributed by atoms with van der Waals surface area (Å²) in [5.41, 5.74) is 0.769.